The van der Waals surface area contributed by atoms with Crippen LogP contribution in [-0.2, 0) is 17.2 Å². The Morgan fingerprint density at radius 2 is 2.15 bits per heavy atom. The number of hydrogen-bond donors (Lipinski definition) is 0. The van der Waals surface area contributed by atoms with Crippen molar-refractivity contribution in [3.8, 4) is 0 Å². The SMILES string of the molecule is Cc1nnc([C@]23COC[C@H]2CN(C(=O)c2cn(C)c4ccccc24)C3)o1. The van der Waals surface area contributed by atoms with Gasteiger partial charge in [0.25, 0.3) is 5.91 Å². The molecule has 0 saturated carbocycles. The summed E-state index contributed by atoms with van der Waals surface area (Å²) < 4.78 is 13.5. The van der Waals surface area contributed by atoms with Gasteiger partial charge in [0.15, 0.2) is 0 Å². The van der Waals surface area contributed by atoms with E-state index >= 15 is 0 Å². The summed E-state index contributed by atoms with van der Waals surface area (Å²) in [6, 6.07) is 7.98. The van der Waals surface area contributed by atoms with E-state index in [0.29, 0.717) is 38.1 Å². The quantitative estimate of drug-likeness (QED) is 0.704. The van der Waals surface area contributed by atoms with Gasteiger partial charge < -0.3 is 18.6 Å². The number of benzene rings is 1. The average molecular weight is 352 g/mol. The zero-order valence-electron chi connectivity index (χ0n) is 14.8. The molecule has 5 rings (SSSR count). The summed E-state index contributed by atoms with van der Waals surface area (Å²) in [6.07, 6.45) is 1.92. The third-order valence-electron chi connectivity index (χ3n) is 5.74. The van der Waals surface area contributed by atoms with Gasteiger partial charge in [-0.05, 0) is 6.07 Å². The van der Waals surface area contributed by atoms with Crippen molar-refractivity contribution in [3.05, 3.63) is 47.8 Å². The molecule has 0 unspecified atom stereocenters. The Balaban J connectivity index is 1.51. The van der Waals surface area contributed by atoms with Crippen molar-refractivity contribution in [1.82, 2.24) is 19.7 Å². The van der Waals surface area contributed by atoms with Gasteiger partial charge in [-0.2, -0.15) is 0 Å². The van der Waals surface area contributed by atoms with Crippen LogP contribution in [0.15, 0.2) is 34.9 Å². The zero-order valence-corrected chi connectivity index (χ0v) is 14.8. The molecule has 2 aromatic heterocycles. The van der Waals surface area contributed by atoms with Gasteiger partial charge in [-0.1, -0.05) is 18.2 Å². The first-order valence-electron chi connectivity index (χ1n) is 8.80. The maximum atomic E-state index is 13.3. The molecule has 2 aliphatic heterocycles. The van der Waals surface area contributed by atoms with Gasteiger partial charge >= 0.3 is 0 Å². The van der Waals surface area contributed by atoms with Crippen LogP contribution in [0.3, 0.4) is 0 Å². The van der Waals surface area contributed by atoms with E-state index in [1.165, 1.54) is 0 Å². The molecule has 7 heteroatoms. The van der Waals surface area contributed by atoms with Gasteiger partial charge in [0.1, 0.15) is 0 Å². The maximum Gasteiger partial charge on any atom is 0.256 e. The smallest absolute Gasteiger partial charge is 0.256 e. The van der Waals surface area contributed by atoms with Crippen LogP contribution in [0.5, 0.6) is 0 Å². The number of hydrogen-bond acceptors (Lipinski definition) is 5. The fourth-order valence-corrected chi connectivity index (χ4v) is 4.37. The minimum atomic E-state index is -0.387. The van der Waals surface area contributed by atoms with E-state index < -0.39 is 0 Å². The third kappa shape index (κ3) is 2.07. The van der Waals surface area contributed by atoms with Crippen molar-refractivity contribution in [1.29, 1.82) is 0 Å². The fourth-order valence-electron chi connectivity index (χ4n) is 4.37. The number of carbonyl (C=O) groups is 1. The van der Waals surface area contributed by atoms with Crippen molar-refractivity contribution < 1.29 is 13.9 Å². The number of aryl methyl sites for hydroxylation is 2. The molecule has 1 aromatic carbocycles. The molecule has 3 aromatic rings. The Kier molecular flexibility index (Phi) is 3.24. The number of nitrogens with zero attached hydrogens (tertiary/aromatic N) is 4. The lowest BCUT2D eigenvalue weighted by atomic mass is 9.81. The van der Waals surface area contributed by atoms with E-state index in [9.17, 15) is 4.79 Å². The maximum absolute atomic E-state index is 13.3. The number of para-hydroxylation sites is 1. The lowest BCUT2D eigenvalue weighted by Gasteiger charge is -2.22. The summed E-state index contributed by atoms with van der Waals surface area (Å²) in [6.45, 7) is 4.09. The summed E-state index contributed by atoms with van der Waals surface area (Å²) in [5.74, 6) is 1.36. The predicted octanol–water partition coefficient (Wildman–Crippen LogP) is 1.91. The molecule has 1 amide bonds. The highest BCUT2D eigenvalue weighted by atomic mass is 16.5. The molecule has 7 nitrogen and oxygen atoms in total. The molecule has 0 bridgehead atoms. The van der Waals surface area contributed by atoms with Crippen molar-refractivity contribution in [3.63, 3.8) is 0 Å². The van der Waals surface area contributed by atoms with Gasteiger partial charge in [0, 0.05) is 50.1 Å². The summed E-state index contributed by atoms with van der Waals surface area (Å²) in [7, 11) is 1.97. The van der Waals surface area contributed by atoms with Gasteiger partial charge in [0.2, 0.25) is 11.8 Å². The minimum Gasteiger partial charge on any atom is -0.425 e. The number of rotatable bonds is 2. The molecule has 2 aliphatic rings. The summed E-state index contributed by atoms with van der Waals surface area (Å²) in [4.78, 5) is 15.2. The van der Waals surface area contributed by atoms with Crippen LogP contribution in [0.25, 0.3) is 10.9 Å². The zero-order chi connectivity index (χ0) is 17.9. The standard InChI is InChI=1S/C19H20N4O3/c1-12-20-21-18(26-12)19-10-23(7-13(19)9-25-11-19)17(24)15-8-22(2)16-6-4-3-5-14(15)16/h3-6,8,13H,7,9-11H2,1-2H3/t13-,19-/m1/s1. The van der Waals surface area contributed by atoms with E-state index in [0.717, 1.165) is 16.5 Å². The Morgan fingerprint density at radius 1 is 1.31 bits per heavy atom. The summed E-state index contributed by atoms with van der Waals surface area (Å²) in [5.41, 5.74) is 1.41. The monoisotopic (exact) mass is 352 g/mol. The first-order valence-corrected chi connectivity index (χ1v) is 8.80. The number of fused-ring (bicyclic) bond motifs is 2. The minimum absolute atomic E-state index is 0.0480. The average Bonchev–Trinajstić information content (AvgIpc) is 3.37. The Morgan fingerprint density at radius 3 is 2.96 bits per heavy atom. The number of carbonyl (C=O) groups excluding carboxylic acids is 1. The van der Waals surface area contributed by atoms with Crippen LogP contribution in [0.1, 0.15) is 22.1 Å². The molecule has 26 heavy (non-hydrogen) atoms. The second-order valence-electron chi connectivity index (χ2n) is 7.35. The lowest BCUT2D eigenvalue weighted by Crippen LogP contribution is -2.37. The normalized spacial score (nSPS) is 25.2. The van der Waals surface area contributed by atoms with Crippen LogP contribution in [-0.4, -0.2) is 51.9 Å². The molecule has 0 N–H and O–H groups in total. The van der Waals surface area contributed by atoms with E-state index in [2.05, 4.69) is 10.2 Å². The fraction of sp³-hybridized carbons (Fsp3) is 0.421. The second kappa shape index (κ2) is 5.41. The Labute approximate surface area is 150 Å². The van der Waals surface area contributed by atoms with Gasteiger partial charge in [-0.15, -0.1) is 10.2 Å². The molecule has 0 radical (unpaired) electrons. The Bertz CT molecular complexity index is 1010. The molecule has 2 atom stereocenters. The summed E-state index contributed by atoms with van der Waals surface area (Å²) in [5, 5.41) is 9.21. The Hall–Kier alpha value is -2.67. The molecule has 134 valence electrons. The van der Waals surface area contributed by atoms with Gasteiger partial charge in [-0.25, -0.2) is 0 Å². The molecule has 0 spiro atoms. The lowest BCUT2D eigenvalue weighted by molar-refractivity contribution is 0.0740. The van der Waals surface area contributed by atoms with Crippen molar-refractivity contribution in [2.75, 3.05) is 26.3 Å². The molecule has 2 saturated heterocycles. The van der Waals surface area contributed by atoms with Gasteiger partial charge in [0.05, 0.1) is 24.2 Å². The van der Waals surface area contributed by atoms with E-state index in [1.54, 1.807) is 6.92 Å². The summed E-state index contributed by atoms with van der Waals surface area (Å²) >= 11 is 0. The van der Waals surface area contributed by atoms with Crippen LogP contribution in [0.2, 0.25) is 0 Å². The second-order valence-corrected chi connectivity index (χ2v) is 7.35. The van der Waals surface area contributed by atoms with E-state index in [4.69, 9.17) is 9.15 Å². The number of likely N-dealkylation sites (tertiary alicyclic amines) is 1. The van der Waals surface area contributed by atoms with Crippen LogP contribution in [0, 0.1) is 12.8 Å². The predicted molar refractivity (Wildman–Crippen MR) is 93.8 cm³/mol. The van der Waals surface area contributed by atoms with Crippen molar-refractivity contribution in [2.24, 2.45) is 13.0 Å². The largest absolute Gasteiger partial charge is 0.425 e. The number of aromatic nitrogens is 3. The van der Waals surface area contributed by atoms with Crippen LogP contribution in [0.4, 0.5) is 0 Å². The van der Waals surface area contributed by atoms with Crippen LogP contribution < -0.4 is 0 Å². The van der Waals surface area contributed by atoms with E-state index in [1.807, 2.05) is 47.0 Å². The highest BCUT2D eigenvalue weighted by Gasteiger charge is 2.56. The van der Waals surface area contributed by atoms with Crippen molar-refractivity contribution >= 4 is 16.8 Å². The molecule has 4 heterocycles. The molecule has 2 fully saturated rings. The highest BCUT2D eigenvalue weighted by Crippen LogP contribution is 2.43. The first-order chi connectivity index (χ1) is 12.6. The van der Waals surface area contributed by atoms with Crippen LogP contribution >= 0.6 is 0 Å². The number of amides is 1. The van der Waals surface area contributed by atoms with Gasteiger partial charge in [-0.3, -0.25) is 4.79 Å². The molecular weight excluding hydrogens is 332 g/mol. The molecular formula is C19H20N4O3. The highest BCUT2D eigenvalue weighted by molar-refractivity contribution is 6.07. The van der Waals surface area contributed by atoms with Crippen molar-refractivity contribution in [2.45, 2.75) is 12.3 Å². The third-order valence-corrected chi connectivity index (χ3v) is 5.74. The number of ether oxygens (including phenoxy) is 1. The topological polar surface area (TPSA) is 73.4 Å². The van der Waals surface area contributed by atoms with E-state index in [-0.39, 0.29) is 17.2 Å². The first kappa shape index (κ1) is 15.6. The molecule has 0 aliphatic carbocycles.